The molecule has 0 aliphatic rings. The quantitative estimate of drug-likeness (QED) is 0.809. The lowest BCUT2D eigenvalue weighted by Gasteiger charge is -2.08. The number of hydrogen-bond acceptors (Lipinski definition) is 5. The van der Waals surface area contributed by atoms with Crippen LogP contribution >= 0.6 is 11.5 Å². The molecule has 0 aliphatic carbocycles. The summed E-state index contributed by atoms with van der Waals surface area (Å²) in [7, 11) is 1.25. The summed E-state index contributed by atoms with van der Waals surface area (Å²) in [6.45, 7) is 1.93. The number of fused-ring (bicyclic) bond motifs is 1. The summed E-state index contributed by atoms with van der Waals surface area (Å²) in [5, 5.41) is 10.7. The van der Waals surface area contributed by atoms with Gasteiger partial charge in [-0.15, -0.1) is 0 Å². The number of aliphatic hydroxyl groups is 1. The van der Waals surface area contributed by atoms with Crippen molar-refractivity contribution in [3.8, 4) is 0 Å². The van der Waals surface area contributed by atoms with E-state index in [9.17, 15) is 9.90 Å². The first-order valence-electron chi connectivity index (χ1n) is 4.75. The van der Waals surface area contributed by atoms with Crippen LogP contribution in [0, 0.1) is 6.92 Å². The molecule has 0 aliphatic heterocycles. The molecule has 0 bridgehead atoms. The first kappa shape index (κ1) is 11.0. The van der Waals surface area contributed by atoms with E-state index in [4.69, 9.17) is 0 Å². The molecule has 0 saturated carbocycles. The van der Waals surface area contributed by atoms with E-state index in [0.717, 1.165) is 15.8 Å². The zero-order chi connectivity index (χ0) is 11.7. The van der Waals surface area contributed by atoms with Crippen molar-refractivity contribution in [2.45, 2.75) is 13.0 Å². The molecular weight excluding hydrogens is 226 g/mol. The van der Waals surface area contributed by atoms with Crippen LogP contribution in [0.15, 0.2) is 18.2 Å². The summed E-state index contributed by atoms with van der Waals surface area (Å²) in [4.78, 5) is 11.2. The van der Waals surface area contributed by atoms with Crippen molar-refractivity contribution in [2.24, 2.45) is 0 Å². The van der Waals surface area contributed by atoms with Crippen LogP contribution in [0.3, 0.4) is 0 Å². The van der Waals surface area contributed by atoms with Crippen LogP contribution in [-0.2, 0) is 9.53 Å². The van der Waals surface area contributed by atoms with E-state index in [2.05, 4.69) is 9.11 Å². The second-order valence-corrected chi connectivity index (χ2v) is 4.25. The molecule has 16 heavy (non-hydrogen) atoms. The molecule has 1 atom stereocenters. The maximum Gasteiger partial charge on any atom is 0.339 e. The molecule has 0 spiro atoms. The number of carbonyl (C=O) groups excluding carboxylic acids is 1. The summed E-state index contributed by atoms with van der Waals surface area (Å²) < 4.78 is 9.64. The van der Waals surface area contributed by atoms with E-state index in [-0.39, 0.29) is 0 Å². The number of hydrogen-bond donors (Lipinski definition) is 1. The van der Waals surface area contributed by atoms with Gasteiger partial charge in [0.05, 0.1) is 17.5 Å². The lowest BCUT2D eigenvalue weighted by Crippen LogP contribution is -2.13. The number of benzene rings is 1. The molecule has 4 nitrogen and oxygen atoms in total. The molecule has 0 radical (unpaired) electrons. The van der Waals surface area contributed by atoms with Crippen LogP contribution in [-0.4, -0.2) is 22.6 Å². The van der Waals surface area contributed by atoms with Crippen LogP contribution in [0.2, 0.25) is 0 Å². The highest BCUT2D eigenvalue weighted by Crippen LogP contribution is 2.26. The van der Waals surface area contributed by atoms with Gasteiger partial charge in [-0.25, -0.2) is 4.79 Å². The van der Waals surface area contributed by atoms with Crippen molar-refractivity contribution in [3.63, 3.8) is 0 Å². The molecule has 2 rings (SSSR count). The summed E-state index contributed by atoms with van der Waals surface area (Å²) in [6, 6.07) is 5.34. The van der Waals surface area contributed by atoms with Crippen molar-refractivity contribution < 1.29 is 14.6 Å². The van der Waals surface area contributed by atoms with Crippen LogP contribution in [0.4, 0.5) is 0 Å². The average molecular weight is 237 g/mol. The third-order valence-corrected chi connectivity index (χ3v) is 3.32. The largest absolute Gasteiger partial charge is 0.467 e. The van der Waals surface area contributed by atoms with Crippen LogP contribution in [0.25, 0.3) is 10.1 Å². The Balaban J connectivity index is 2.43. The van der Waals surface area contributed by atoms with Crippen LogP contribution in [0.1, 0.15) is 17.4 Å². The summed E-state index contributed by atoms with van der Waals surface area (Å²) in [5.41, 5.74) is 1.49. The number of aryl methyl sites for hydroxylation is 1. The molecule has 0 saturated heterocycles. The topological polar surface area (TPSA) is 59.4 Å². The number of carbonyl (C=O) groups is 1. The van der Waals surface area contributed by atoms with Gasteiger partial charge in [-0.2, -0.15) is 4.37 Å². The van der Waals surface area contributed by atoms with E-state index < -0.39 is 12.1 Å². The predicted octanol–water partition coefficient (Wildman–Crippen LogP) is 1.81. The zero-order valence-electron chi connectivity index (χ0n) is 8.93. The van der Waals surface area contributed by atoms with Crippen molar-refractivity contribution >= 4 is 27.6 Å². The molecular formula is C11H11NO3S. The number of nitrogens with zero attached hydrogens (tertiary/aromatic N) is 1. The minimum atomic E-state index is -1.23. The molecule has 1 N–H and O–H groups in total. The van der Waals surface area contributed by atoms with E-state index in [1.54, 1.807) is 12.1 Å². The van der Waals surface area contributed by atoms with Crippen molar-refractivity contribution in [2.75, 3.05) is 7.11 Å². The molecule has 1 unspecified atom stereocenters. The van der Waals surface area contributed by atoms with Crippen molar-refractivity contribution in [3.05, 3.63) is 29.5 Å². The van der Waals surface area contributed by atoms with Gasteiger partial charge in [-0.1, -0.05) is 12.1 Å². The minimum absolute atomic E-state index is 0.531. The number of esters is 1. The van der Waals surface area contributed by atoms with E-state index in [1.807, 2.05) is 13.0 Å². The monoisotopic (exact) mass is 237 g/mol. The highest BCUT2D eigenvalue weighted by atomic mass is 32.1. The molecule has 84 valence electrons. The Hall–Kier alpha value is -1.46. The van der Waals surface area contributed by atoms with Gasteiger partial charge in [0.25, 0.3) is 0 Å². The second-order valence-electron chi connectivity index (χ2n) is 3.45. The number of methoxy groups -OCH3 is 1. The van der Waals surface area contributed by atoms with E-state index >= 15 is 0 Å². The van der Waals surface area contributed by atoms with E-state index in [1.165, 1.54) is 18.6 Å². The predicted molar refractivity (Wildman–Crippen MR) is 61.3 cm³/mol. The lowest BCUT2D eigenvalue weighted by atomic mass is 10.1. The van der Waals surface area contributed by atoms with Gasteiger partial charge >= 0.3 is 5.97 Å². The SMILES string of the molecule is COC(=O)C(O)c1ccc2c(C)nsc2c1. The molecule has 0 amide bonds. The van der Waals surface area contributed by atoms with Crippen LogP contribution < -0.4 is 0 Å². The number of ether oxygens (including phenoxy) is 1. The molecule has 1 aromatic carbocycles. The van der Waals surface area contributed by atoms with Gasteiger partial charge in [-0.05, 0) is 30.1 Å². The van der Waals surface area contributed by atoms with Gasteiger partial charge in [-0.3, -0.25) is 0 Å². The molecule has 1 aromatic heterocycles. The Labute approximate surface area is 96.6 Å². The maximum atomic E-state index is 11.2. The average Bonchev–Trinajstić information content (AvgIpc) is 2.68. The molecule has 1 heterocycles. The van der Waals surface area contributed by atoms with Gasteiger partial charge in [0, 0.05) is 5.39 Å². The Bertz CT molecular complexity index is 535. The molecule has 5 heteroatoms. The highest BCUT2D eigenvalue weighted by Gasteiger charge is 2.18. The molecule has 2 aromatic rings. The maximum absolute atomic E-state index is 11.2. The Morgan fingerprint density at radius 1 is 1.56 bits per heavy atom. The molecule has 0 fully saturated rings. The zero-order valence-corrected chi connectivity index (χ0v) is 9.75. The Morgan fingerprint density at radius 2 is 2.31 bits per heavy atom. The third-order valence-electron chi connectivity index (χ3n) is 2.42. The summed E-state index contributed by atoms with van der Waals surface area (Å²) >= 11 is 1.35. The smallest absolute Gasteiger partial charge is 0.339 e. The van der Waals surface area contributed by atoms with Crippen molar-refractivity contribution in [1.29, 1.82) is 0 Å². The van der Waals surface area contributed by atoms with Gasteiger partial charge in [0.2, 0.25) is 0 Å². The third kappa shape index (κ3) is 1.79. The fourth-order valence-corrected chi connectivity index (χ4v) is 2.33. The van der Waals surface area contributed by atoms with Crippen molar-refractivity contribution in [1.82, 2.24) is 4.37 Å². The van der Waals surface area contributed by atoms with E-state index in [0.29, 0.717) is 5.56 Å². The minimum Gasteiger partial charge on any atom is -0.467 e. The first-order valence-corrected chi connectivity index (χ1v) is 5.52. The first-order chi connectivity index (χ1) is 7.63. The van der Waals surface area contributed by atoms with Gasteiger partial charge in [0.15, 0.2) is 6.10 Å². The van der Waals surface area contributed by atoms with Gasteiger partial charge in [0.1, 0.15) is 0 Å². The number of aliphatic hydroxyl groups excluding tert-OH is 1. The summed E-state index contributed by atoms with van der Waals surface area (Å²) in [5.74, 6) is -0.652. The van der Waals surface area contributed by atoms with Gasteiger partial charge < -0.3 is 9.84 Å². The summed E-state index contributed by atoms with van der Waals surface area (Å²) in [6.07, 6.45) is -1.23. The fourth-order valence-electron chi connectivity index (χ4n) is 1.50. The van der Waals surface area contributed by atoms with Crippen LogP contribution in [0.5, 0.6) is 0 Å². The number of rotatable bonds is 2. The lowest BCUT2D eigenvalue weighted by molar-refractivity contribution is -0.150. The second kappa shape index (κ2) is 4.19. The highest BCUT2D eigenvalue weighted by molar-refractivity contribution is 7.13. The fraction of sp³-hybridized carbons (Fsp3) is 0.273. The Kier molecular flexibility index (Phi) is 2.89. The Morgan fingerprint density at radius 3 is 3.00 bits per heavy atom. The standard InChI is InChI=1S/C11H11NO3S/c1-6-8-4-3-7(5-9(8)16-12-6)10(13)11(14)15-2/h3-5,10,13H,1-2H3. The normalized spacial score (nSPS) is 12.7. The number of aromatic nitrogens is 1.